The van der Waals surface area contributed by atoms with E-state index < -0.39 is 13.4 Å². The molecule has 6 heteroatoms. The van der Waals surface area contributed by atoms with Gasteiger partial charge in [-0.05, 0) is 17.6 Å². The van der Waals surface area contributed by atoms with Crippen molar-refractivity contribution in [3.8, 4) is 0 Å². The molecule has 0 bridgehead atoms. The average molecular weight is 317 g/mol. The van der Waals surface area contributed by atoms with Gasteiger partial charge in [-0.1, -0.05) is 60.7 Å². The summed E-state index contributed by atoms with van der Waals surface area (Å²) in [6, 6.07) is 18.5. The summed E-state index contributed by atoms with van der Waals surface area (Å²) in [5, 5.41) is 0. The first-order chi connectivity index (χ1) is 9.53. The zero-order valence-electron chi connectivity index (χ0n) is 12.1. The van der Waals surface area contributed by atoms with Crippen LogP contribution >= 0.6 is 0 Å². The summed E-state index contributed by atoms with van der Waals surface area (Å²) in [4.78, 5) is 1.44. The van der Waals surface area contributed by atoms with Crippen LogP contribution in [0.3, 0.4) is 0 Å². The molecule has 0 N–H and O–H groups in total. The van der Waals surface area contributed by atoms with Gasteiger partial charge in [0.1, 0.15) is 0 Å². The van der Waals surface area contributed by atoms with Crippen molar-refractivity contribution < 1.29 is 64.3 Å². The fraction of sp³-hybridized carbons (Fsp3) is 0.200. The molecule has 0 aliphatic carbocycles. The maximum Gasteiger partial charge on any atom is 1.00 e. The summed E-state index contributed by atoms with van der Waals surface area (Å²) in [6.45, 7) is -4.22. The van der Waals surface area contributed by atoms with Crippen LogP contribution in [0.4, 0.5) is 12.9 Å². The van der Waals surface area contributed by atoms with E-state index in [9.17, 15) is 12.9 Å². The van der Waals surface area contributed by atoms with E-state index in [0.717, 1.165) is 11.1 Å². The number of hydrogen-bond acceptors (Lipinski definition) is 1. The molecule has 0 radical (unpaired) electrons. The van der Waals surface area contributed by atoms with E-state index >= 15 is 0 Å². The molecule has 0 aliphatic heterocycles. The average Bonchev–Trinajstić information content (AvgIpc) is 2.39. The Kier molecular flexibility index (Phi) is 8.23. The third-order valence-corrected chi connectivity index (χ3v) is 2.96. The second-order valence-electron chi connectivity index (χ2n) is 4.85. The van der Waals surface area contributed by atoms with Crippen molar-refractivity contribution in [2.24, 2.45) is 0 Å². The molecule has 0 heterocycles. The van der Waals surface area contributed by atoms with Crippen LogP contribution in [-0.4, -0.2) is 18.3 Å². The van der Waals surface area contributed by atoms with Gasteiger partial charge in [0.25, 0.3) is 0 Å². The van der Waals surface area contributed by atoms with Gasteiger partial charge in [-0.25, -0.2) is 0 Å². The predicted octanol–water partition coefficient (Wildman–Crippen LogP) is 1.08. The third-order valence-electron chi connectivity index (χ3n) is 2.96. The molecule has 0 fully saturated rings. The molecular formula is C15H16BF3KN. The standard InChI is InChI=1S/C15H16BF3N.K/c17-16(18,19)13-20(11-14-7-3-1-4-8-14)12-15-9-5-2-6-10-15;/h1-10H,11-13H2;/q-1;+1. The Morgan fingerprint density at radius 3 is 1.43 bits per heavy atom. The van der Waals surface area contributed by atoms with Gasteiger partial charge in [-0.3, -0.25) is 0 Å². The largest absolute Gasteiger partial charge is 1.00 e. The third kappa shape index (κ3) is 7.63. The molecule has 2 rings (SSSR count). The molecule has 0 aromatic heterocycles. The monoisotopic (exact) mass is 317 g/mol. The number of hydrogen-bond donors (Lipinski definition) is 0. The Balaban J connectivity index is 0.00000220. The van der Waals surface area contributed by atoms with Crippen molar-refractivity contribution >= 4 is 6.98 Å². The maximum atomic E-state index is 12.7. The fourth-order valence-electron chi connectivity index (χ4n) is 2.16. The smallest absolute Gasteiger partial charge is 0.448 e. The Morgan fingerprint density at radius 1 is 0.714 bits per heavy atom. The molecule has 0 aliphatic rings. The van der Waals surface area contributed by atoms with Crippen molar-refractivity contribution in [1.29, 1.82) is 0 Å². The zero-order chi connectivity index (χ0) is 14.4. The SMILES string of the molecule is F[B-](F)(F)CN(Cc1ccccc1)Cc1ccccc1.[K+]. The molecule has 21 heavy (non-hydrogen) atoms. The maximum absolute atomic E-state index is 12.7. The van der Waals surface area contributed by atoms with Gasteiger partial charge in [0.2, 0.25) is 0 Å². The molecule has 0 saturated heterocycles. The molecular weight excluding hydrogens is 301 g/mol. The van der Waals surface area contributed by atoms with Gasteiger partial charge in [-0.15, -0.1) is 0 Å². The van der Waals surface area contributed by atoms with E-state index in [-0.39, 0.29) is 51.4 Å². The van der Waals surface area contributed by atoms with Crippen LogP contribution in [0.25, 0.3) is 0 Å². The van der Waals surface area contributed by atoms with Gasteiger partial charge >= 0.3 is 58.4 Å². The number of rotatable bonds is 6. The van der Waals surface area contributed by atoms with E-state index in [1.54, 1.807) is 0 Å². The topological polar surface area (TPSA) is 3.24 Å². The molecule has 0 saturated carbocycles. The summed E-state index contributed by atoms with van der Waals surface area (Å²) in [5.41, 5.74) is 1.78. The van der Waals surface area contributed by atoms with E-state index in [1.165, 1.54) is 4.90 Å². The molecule has 2 aromatic carbocycles. The first-order valence-electron chi connectivity index (χ1n) is 6.54. The summed E-state index contributed by atoms with van der Waals surface area (Å²) in [7, 11) is 0. The Hall–Kier alpha value is -0.109. The minimum atomic E-state index is -4.83. The quantitative estimate of drug-likeness (QED) is 0.721. The van der Waals surface area contributed by atoms with Crippen LogP contribution in [-0.2, 0) is 13.1 Å². The molecule has 106 valence electrons. The van der Waals surface area contributed by atoms with E-state index in [2.05, 4.69) is 0 Å². The van der Waals surface area contributed by atoms with Crippen LogP contribution in [0.2, 0.25) is 0 Å². The molecule has 0 spiro atoms. The molecule has 2 aromatic rings. The number of halogens is 3. The predicted molar refractivity (Wildman–Crippen MR) is 76.1 cm³/mol. The molecule has 1 nitrogen and oxygen atoms in total. The van der Waals surface area contributed by atoms with Crippen LogP contribution < -0.4 is 51.4 Å². The second-order valence-corrected chi connectivity index (χ2v) is 4.85. The number of benzene rings is 2. The van der Waals surface area contributed by atoms with Gasteiger partial charge < -0.3 is 17.8 Å². The van der Waals surface area contributed by atoms with E-state index in [0.29, 0.717) is 13.1 Å². The summed E-state index contributed by atoms with van der Waals surface area (Å²) >= 11 is 0. The molecule has 0 amide bonds. The normalized spacial score (nSPS) is 11.2. The Labute approximate surface area is 166 Å². The second kappa shape index (κ2) is 9.13. The van der Waals surface area contributed by atoms with Crippen molar-refractivity contribution in [1.82, 2.24) is 4.90 Å². The fourth-order valence-corrected chi connectivity index (χ4v) is 2.16. The van der Waals surface area contributed by atoms with Gasteiger partial charge in [-0.2, -0.15) is 0 Å². The first kappa shape index (κ1) is 18.9. The Bertz CT molecular complexity index is 478. The zero-order valence-corrected chi connectivity index (χ0v) is 15.2. The minimum Gasteiger partial charge on any atom is -0.448 e. The van der Waals surface area contributed by atoms with Crippen molar-refractivity contribution in [2.45, 2.75) is 13.1 Å². The van der Waals surface area contributed by atoms with Crippen molar-refractivity contribution in [3.63, 3.8) is 0 Å². The van der Waals surface area contributed by atoms with Gasteiger partial charge in [0, 0.05) is 13.1 Å². The van der Waals surface area contributed by atoms with Gasteiger partial charge in [0.05, 0.1) is 0 Å². The Morgan fingerprint density at radius 2 is 1.10 bits per heavy atom. The minimum absolute atomic E-state index is 0. The van der Waals surface area contributed by atoms with Gasteiger partial charge in [0.15, 0.2) is 0 Å². The van der Waals surface area contributed by atoms with E-state index in [4.69, 9.17) is 0 Å². The summed E-state index contributed by atoms with van der Waals surface area (Å²) < 4.78 is 38.2. The molecule has 0 atom stereocenters. The van der Waals surface area contributed by atoms with Crippen LogP contribution in [0.15, 0.2) is 60.7 Å². The number of nitrogens with zero attached hydrogens (tertiary/aromatic N) is 1. The van der Waals surface area contributed by atoms with Crippen LogP contribution in [0.1, 0.15) is 11.1 Å². The van der Waals surface area contributed by atoms with Crippen molar-refractivity contribution in [2.75, 3.05) is 6.44 Å². The first-order valence-corrected chi connectivity index (χ1v) is 6.54. The molecule has 0 unspecified atom stereocenters. The summed E-state index contributed by atoms with van der Waals surface area (Å²) in [5.74, 6) is 0. The van der Waals surface area contributed by atoms with E-state index in [1.807, 2.05) is 60.7 Å². The van der Waals surface area contributed by atoms with Crippen LogP contribution in [0, 0.1) is 0 Å². The summed E-state index contributed by atoms with van der Waals surface area (Å²) in [6.07, 6.45) is -0.843. The van der Waals surface area contributed by atoms with Crippen molar-refractivity contribution in [3.05, 3.63) is 71.8 Å². The van der Waals surface area contributed by atoms with Crippen LogP contribution in [0.5, 0.6) is 0 Å².